The maximum Gasteiger partial charge on any atom is 0.222 e. The Morgan fingerprint density at radius 1 is 1.30 bits per heavy atom. The average molecular weight is 299 g/mol. The van der Waals surface area contributed by atoms with E-state index in [0.29, 0.717) is 17.9 Å². The van der Waals surface area contributed by atoms with Crippen molar-refractivity contribution >= 4 is 15.7 Å². The van der Waals surface area contributed by atoms with Gasteiger partial charge in [0.05, 0.1) is 23.3 Å². The molecule has 1 aromatic rings. The van der Waals surface area contributed by atoms with Crippen LogP contribution in [0.15, 0.2) is 29.2 Å². The lowest BCUT2D eigenvalue weighted by atomic mass is 10.1. The first kappa shape index (κ1) is 16.7. The molecule has 0 fully saturated rings. The predicted molar refractivity (Wildman–Crippen MR) is 77.2 cm³/mol. The van der Waals surface area contributed by atoms with Gasteiger partial charge in [0.2, 0.25) is 5.91 Å². The third kappa shape index (κ3) is 4.61. The van der Waals surface area contributed by atoms with Gasteiger partial charge >= 0.3 is 0 Å². The largest absolute Gasteiger partial charge is 0.384 e. The third-order valence-corrected chi connectivity index (χ3v) is 4.78. The summed E-state index contributed by atoms with van der Waals surface area (Å²) in [6.45, 7) is 3.85. The Morgan fingerprint density at radius 3 is 2.40 bits per heavy atom. The molecule has 6 heteroatoms. The second kappa shape index (κ2) is 7.40. The van der Waals surface area contributed by atoms with Crippen LogP contribution in [0.1, 0.15) is 31.9 Å². The average Bonchev–Trinajstić information content (AvgIpc) is 2.45. The second-order valence-electron chi connectivity index (χ2n) is 4.50. The van der Waals surface area contributed by atoms with E-state index in [2.05, 4.69) is 5.32 Å². The first-order chi connectivity index (χ1) is 9.40. The molecule has 0 spiro atoms. The number of amides is 1. The van der Waals surface area contributed by atoms with Crippen LogP contribution in [0.25, 0.3) is 0 Å². The van der Waals surface area contributed by atoms with E-state index >= 15 is 0 Å². The van der Waals surface area contributed by atoms with Crippen LogP contribution in [0.2, 0.25) is 0 Å². The fourth-order valence-electron chi connectivity index (χ4n) is 1.72. The minimum Gasteiger partial charge on any atom is -0.384 e. The van der Waals surface area contributed by atoms with Crippen molar-refractivity contribution in [1.82, 2.24) is 5.32 Å². The Balaban J connectivity index is 2.71. The van der Waals surface area contributed by atoms with Crippen LogP contribution in [0.5, 0.6) is 0 Å². The number of carbonyl (C=O) groups is 1. The van der Waals surface area contributed by atoms with Crippen LogP contribution in [0, 0.1) is 0 Å². The van der Waals surface area contributed by atoms with Gasteiger partial charge in [-0.25, -0.2) is 8.42 Å². The van der Waals surface area contributed by atoms with E-state index < -0.39 is 9.84 Å². The number of ether oxygens (including phenoxy) is 1. The van der Waals surface area contributed by atoms with Gasteiger partial charge in [-0.05, 0) is 24.6 Å². The highest BCUT2D eigenvalue weighted by Crippen LogP contribution is 2.17. The van der Waals surface area contributed by atoms with Crippen LogP contribution >= 0.6 is 0 Å². The van der Waals surface area contributed by atoms with Crippen LogP contribution in [0.4, 0.5) is 0 Å². The predicted octanol–water partition coefficient (Wildman–Crippen LogP) is 1.69. The Morgan fingerprint density at radius 2 is 1.90 bits per heavy atom. The fourth-order valence-corrected chi connectivity index (χ4v) is 2.61. The van der Waals surface area contributed by atoms with Crippen molar-refractivity contribution < 1.29 is 17.9 Å². The Labute approximate surface area is 120 Å². The summed E-state index contributed by atoms with van der Waals surface area (Å²) in [5.41, 5.74) is 0.866. The molecule has 1 amide bonds. The van der Waals surface area contributed by atoms with Crippen molar-refractivity contribution in [3.63, 3.8) is 0 Å². The molecule has 0 aromatic heterocycles. The van der Waals surface area contributed by atoms with Gasteiger partial charge in [-0.15, -0.1) is 0 Å². The van der Waals surface area contributed by atoms with Crippen LogP contribution in [-0.4, -0.2) is 33.8 Å². The van der Waals surface area contributed by atoms with Crippen molar-refractivity contribution in [3.05, 3.63) is 29.8 Å². The zero-order valence-electron chi connectivity index (χ0n) is 12.0. The number of sulfone groups is 1. The number of nitrogens with one attached hydrogen (secondary N) is 1. The zero-order chi connectivity index (χ0) is 15.2. The summed E-state index contributed by atoms with van der Waals surface area (Å²) in [7, 11) is -1.63. The lowest BCUT2D eigenvalue weighted by Gasteiger charge is -2.14. The molecule has 0 aliphatic carbocycles. The molecule has 0 radical (unpaired) electrons. The van der Waals surface area contributed by atoms with Gasteiger partial charge in [-0.2, -0.15) is 0 Å². The summed E-state index contributed by atoms with van der Waals surface area (Å²) >= 11 is 0. The van der Waals surface area contributed by atoms with Gasteiger partial charge in [0.15, 0.2) is 9.84 Å². The Bertz CT molecular complexity index is 537. The third-order valence-electron chi connectivity index (χ3n) is 3.03. The number of hydrogen-bond acceptors (Lipinski definition) is 4. The molecule has 1 unspecified atom stereocenters. The molecule has 112 valence electrons. The van der Waals surface area contributed by atoms with Crippen molar-refractivity contribution in [2.45, 2.75) is 31.2 Å². The standard InChI is InChI=1S/C14H21NO4S/c1-4-20(17,18)13-7-5-12(6-8-13)11(2)15-14(16)9-10-19-3/h5-8,11H,4,9-10H2,1-3H3,(H,15,16). The molecule has 0 saturated carbocycles. The number of carbonyl (C=O) groups excluding carboxylic acids is 1. The summed E-state index contributed by atoms with van der Waals surface area (Å²) in [6.07, 6.45) is 0.309. The highest BCUT2D eigenvalue weighted by molar-refractivity contribution is 7.91. The minimum absolute atomic E-state index is 0.0790. The summed E-state index contributed by atoms with van der Waals surface area (Å²) in [5.74, 6) is -0.0139. The second-order valence-corrected chi connectivity index (χ2v) is 6.78. The highest BCUT2D eigenvalue weighted by Gasteiger charge is 2.13. The van der Waals surface area contributed by atoms with Gasteiger partial charge in [-0.1, -0.05) is 19.1 Å². The maximum absolute atomic E-state index is 11.7. The van der Waals surface area contributed by atoms with Gasteiger partial charge in [-0.3, -0.25) is 4.79 Å². The molecule has 0 heterocycles. The molecule has 1 aromatic carbocycles. The van der Waals surface area contributed by atoms with E-state index in [1.54, 1.807) is 38.3 Å². The van der Waals surface area contributed by atoms with E-state index in [1.165, 1.54) is 0 Å². The SMILES string of the molecule is CCS(=O)(=O)c1ccc(C(C)NC(=O)CCOC)cc1. The smallest absolute Gasteiger partial charge is 0.222 e. The highest BCUT2D eigenvalue weighted by atomic mass is 32.2. The van der Waals surface area contributed by atoms with Gasteiger partial charge < -0.3 is 10.1 Å². The molecule has 0 bridgehead atoms. The molecule has 0 aliphatic heterocycles. The van der Waals surface area contributed by atoms with E-state index in [1.807, 2.05) is 6.92 Å². The van der Waals surface area contributed by atoms with E-state index in [-0.39, 0.29) is 17.7 Å². The Kier molecular flexibility index (Phi) is 6.16. The van der Waals surface area contributed by atoms with E-state index in [0.717, 1.165) is 5.56 Å². The molecule has 0 aliphatic rings. The summed E-state index contributed by atoms with van der Waals surface area (Å²) in [5, 5.41) is 2.83. The van der Waals surface area contributed by atoms with Crippen LogP contribution in [-0.2, 0) is 19.4 Å². The number of benzene rings is 1. The minimum atomic E-state index is -3.18. The van der Waals surface area contributed by atoms with Crippen molar-refractivity contribution in [2.24, 2.45) is 0 Å². The monoisotopic (exact) mass is 299 g/mol. The maximum atomic E-state index is 11.7. The fraction of sp³-hybridized carbons (Fsp3) is 0.500. The molecular weight excluding hydrogens is 278 g/mol. The quantitative estimate of drug-likeness (QED) is 0.831. The molecule has 5 nitrogen and oxygen atoms in total. The van der Waals surface area contributed by atoms with Crippen LogP contribution < -0.4 is 5.32 Å². The van der Waals surface area contributed by atoms with Crippen molar-refractivity contribution in [3.8, 4) is 0 Å². The lowest BCUT2D eigenvalue weighted by Crippen LogP contribution is -2.27. The molecule has 1 N–H and O–H groups in total. The number of rotatable bonds is 7. The summed E-state index contributed by atoms with van der Waals surface area (Å²) < 4.78 is 28.2. The van der Waals surface area contributed by atoms with E-state index in [4.69, 9.17) is 4.74 Å². The molecule has 0 saturated heterocycles. The zero-order valence-corrected chi connectivity index (χ0v) is 12.9. The number of hydrogen-bond donors (Lipinski definition) is 1. The van der Waals surface area contributed by atoms with Gasteiger partial charge in [0, 0.05) is 13.5 Å². The molecule has 20 heavy (non-hydrogen) atoms. The van der Waals surface area contributed by atoms with Gasteiger partial charge in [0.1, 0.15) is 0 Å². The summed E-state index contributed by atoms with van der Waals surface area (Å²) in [6, 6.07) is 6.43. The first-order valence-electron chi connectivity index (χ1n) is 6.51. The van der Waals surface area contributed by atoms with Crippen molar-refractivity contribution in [2.75, 3.05) is 19.5 Å². The van der Waals surface area contributed by atoms with Crippen LogP contribution in [0.3, 0.4) is 0 Å². The Hall–Kier alpha value is -1.40. The van der Waals surface area contributed by atoms with E-state index in [9.17, 15) is 13.2 Å². The van der Waals surface area contributed by atoms with Gasteiger partial charge in [0.25, 0.3) is 0 Å². The topological polar surface area (TPSA) is 72.5 Å². The molecule has 1 rings (SSSR count). The molecular formula is C14H21NO4S. The summed E-state index contributed by atoms with van der Waals surface area (Å²) in [4.78, 5) is 11.9. The lowest BCUT2D eigenvalue weighted by molar-refractivity contribution is -0.122. The molecule has 1 atom stereocenters. The number of methoxy groups -OCH3 is 1. The first-order valence-corrected chi connectivity index (χ1v) is 8.17. The van der Waals surface area contributed by atoms with Crippen molar-refractivity contribution in [1.29, 1.82) is 0 Å². The normalized spacial score (nSPS) is 12.9.